The highest BCUT2D eigenvalue weighted by Gasteiger charge is 2.47. The van der Waals surface area contributed by atoms with Crippen LogP contribution in [0.4, 0.5) is 0 Å². The molecule has 11 atom stereocenters. The van der Waals surface area contributed by atoms with Crippen molar-refractivity contribution in [1.29, 1.82) is 0 Å². The highest BCUT2D eigenvalue weighted by molar-refractivity contribution is 5.41. The molecular formula is C22H34O13. The number of hydrogen-bond donors (Lipinski definition) is 8. The minimum atomic E-state index is -1.68. The van der Waals surface area contributed by atoms with Crippen molar-refractivity contribution in [3.8, 4) is 11.5 Å². The largest absolute Gasteiger partial charge is 0.504 e. The Morgan fingerprint density at radius 2 is 1.54 bits per heavy atom. The van der Waals surface area contributed by atoms with Crippen LogP contribution in [-0.4, -0.2) is 129 Å². The molecule has 0 bridgehead atoms. The fourth-order valence-electron chi connectivity index (χ4n) is 3.96. The third kappa shape index (κ3) is 6.39. The minimum absolute atomic E-state index is 0.0628. The van der Waals surface area contributed by atoms with Crippen LogP contribution in [0.3, 0.4) is 0 Å². The van der Waals surface area contributed by atoms with Gasteiger partial charge in [0.15, 0.2) is 24.1 Å². The van der Waals surface area contributed by atoms with Crippen LogP contribution in [-0.2, 0) is 25.4 Å². The van der Waals surface area contributed by atoms with Gasteiger partial charge in [-0.05, 0) is 24.6 Å². The molecule has 35 heavy (non-hydrogen) atoms. The van der Waals surface area contributed by atoms with E-state index in [1.807, 2.05) is 0 Å². The van der Waals surface area contributed by atoms with E-state index in [1.54, 1.807) is 12.1 Å². The van der Waals surface area contributed by atoms with Crippen LogP contribution in [0.2, 0.25) is 0 Å². The number of rotatable bonds is 9. The Morgan fingerprint density at radius 1 is 0.886 bits per heavy atom. The Balaban J connectivity index is 1.63. The van der Waals surface area contributed by atoms with Crippen molar-refractivity contribution in [2.45, 2.75) is 80.9 Å². The number of methoxy groups -OCH3 is 1. The summed E-state index contributed by atoms with van der Waals surface area (Å²) in [5.74, 6) is 0.162. The van der Waals surface area contributed by atoms with Crippen LogP contribution >= 0.6 is 0 Å². The van der Waals surface area contributed by atoms with E-state index >= 15 is 0 Å². The molecule has 1 aromatic rings. The van der Waals surface area contributed by atoms with Gasteiger partial charge in [-0.25, -0.2) is 0 Å². The lowest BCUT2D eigenvalue weighted by atomic mass is 9.98. The number of benzene rings is 1. The Morgan fingerprint density at radius 3 is 2.20 bits per heavy atom. The van der Waals surface area contributed by atoms with Gasteiger partial charge in [0.1, 0.15) is 42.7 Å². The van der Waals surface area contributed by atoms with Gasteiger partial charge in [0, 0.05) is 6.42 Å². The smallest absolute Gasteiger partial charge is 0.187 e. The van der Waals surface area contributed by atoms with Crippen molar-refractivity contribution in [2.75, 3.05) is 20.3 Å². The number of phenolic OH excluding ortho intramolecular Hbond substituents is 1. The SMILES string of the molecule is COc1cc(C[C@H](CO)O[C@@H]2O[C@@H](CO[C@@H]3O[C@H](C)[C@H](O)[C@@H](O)[C@H]3O)[C@@H](O)[C@H](O)[C@H]2O)ccc1O. The number of ether oxygens (including phenoxy) is 5. The molecule has 2 saturated heterocycles. The fraction of sp³-hybridized carbons (Fsp3) is 0.727. The van der Waals surface area contributed by atoms with Gasteiger partial charge in [0.25, 0.3) is 0 Å². The molecule has 0 radical (unpaired) electrons. The van der Waals surface area contributed by atoms with E-state index in [1.165, 1.54) is 20.1 Å². The summed E-state index contributed by atoms with van der Waals surface area (Å²) in [6.07, 6.45) is -15.0. The standard InChI is InChI=1S/C22H34O13/c1-9-15(25)17(27)19(29)21(33-9)32-8-14-16(26)18(28)20(30)22(35-14)34-11(7-23)5-10-3-4-12(24)13(6-10)31-2/h3-4,6,9,11,14-30H,5,7-8H2,1-2H3/t9-,11-,14+,15+,16-,17-,18+,19-,20-,21-,22-/m1/s1. The van der Waals surface area contributed by atoms with Gasteiger partial charge < -0.3 is 64.5 Å². The van der Waals surface area contributed by atoms with Crippen molar-refractivity contribution in [1.82, 2.24) is 0 Å². The topological polar surface area (TPSA) is 208 Å². The van der Waals surface area contributed by atoms with Crippen LogP contribution in [0.1, 0.15) is 12.5 Å². The summed E-state index contributed by atoms with van der Waals surface area (Å²) in [6, 6.07) is 4.57. The maximum absolute atomic E-state index is 10.4. The summed E-state index contributed by atoms with van der Waals surface area (Å²) in [5, 5.41) is 80.3. The number of aromatic hydroxyl groups is 1. The maximum atomic E-state index is 10.4. The first kappa shape index (κ1) is 28.0. The van der Waals surface area contributed by atoms with E-state index in [4.69, 9.17) is 23.7 Å². The van der Waals surface area contributed by atoms with Gasteiger partial charge in [-0.15, -0.1) is 0 Å². The van der Waals surface area contributed by atoms with Crippen LogP contribution < -0.4 is 4.74 Å². The molecule has 2 heterocycles. The summed E-state index contributed by atoms with van der Waals surface area (Å²) in [6.45, 7) is 0.571. The van der Waals surface area contributed by atoms with E-state index in [0.29, 0.717) is 5.56 Å². The van der Waals surface area contributed by atoms with Gasteiger partial charge in [-0.1, -0.05) is 6.07 Å². The highest BCUT2D eigenvalue weighted by Crippen LogP contribution is 2.29. The van der Waals surface area contributed by atoms with E-state index < -0.39 is 80.7 Å². The zero-order valence-electron chi connectivity index (χ0n) is 19.3. The second-order valence-corrected chi connectivity index (χ2v) is 8.68. The third-order valence-corrected chi connectivity index (χ3v) is 6.14. The molecule has 0 unspecified atom stereocenters. The van der Waals surface area contributed by atoms with E-state index in [9.17, 15) is 40.9 Å². The predicted octanol–water partition coefficient (Wildman–Crippen LogP) is -3.03. The Labute approximate surface area is 201 Å². The molecule has 0 amide bonds. The zero-order chi connectivity index (χ0) is 25.9. The summed E-state index contributed by atoms with van der Waals surface area (Å²) in [7, 11) is 1.39. The van der Waals surface area contributed by atoms with Crippen LogP contribution in [0.25, 0.3) is 0 Å². The zero-order valence-corrected chi connectivity index (χ0v) is 19.3. The molecule has 2 aliphatic rings. The average Bonchev–Trinajstić information content (AvgIpc) is 2.85. The number of phenols is 1. The fourth-order valence-corrected chi connectivity index (χ4v) is 3.96. The number of aliphatic hydroxyl groups excluding tert-OH is 7. The molecule has 13 heteroatoms. The molecule has 0 aliphatic carbocycles. The first-order valence-electron chi connectivity index (χ1n) is 11.2. The molecule has 13 nitrogen and oxygen atoms in total. The van der Waals surface area contributed by atoms with Crippen LogP contribution in [0, 0.1) is 0 Å². The van der Waals surface area contributed by atoms with Crippen molar-refractivity contribution >= 4 is 0 Å². The normalized spacial score (nSPS) is 38.8. The summed E-state index contributed by atoms with van der Waals surface area (Å²) < 4.78 is 27.1. The molecule has 1 aromatic carbocycles. The minimum Gasteiger partial charge on any atom is -0.504 e. The quantitative estimate of drug-likeness (QED) is 0.168. The van der Waals surface area contributed by atoms with Gasteiger partial charge in [0.2, 0.25) is 0 Å². The lowest BCUT2D eigenvalue weighted by molar-refractivity contribution is -0.334. The molecule has 2 fully saturated rings. The monoisotopic (exact) mass is 506 g/mol. The van der Waals surface area contributed by atoms with Gasteiger partial charge in [-0.2, -0.15) is 0 Å². The van der Waals surface area contributed by atoms with Crippen LogP contribution in [0.15, 0.2) is 18.2 Å². The van der Waals surface area contributed by atoms with E-state index in [2.05, 4.69) is 0 Å². The second kappa shape index (κ2) is 12.1. The molecule has 200 valence electrons. The maximum Gasteiger partial charge on any atom is 0.187 e. The Bertz CT molecular complexity index is 810. The number of hydrogen-bond acceptors (Lipinski definition) is 13. The summed E-state index contributed by atoms with van der Waals surface area (Å²) in [4.78, 5) is 0. The van der Waals surface area contributed by atoms with E-state index in [-0.39, 0.29) is 17.9 Å². The molecule has 2 aliphatic heterocycles. The average molecular weight is 507 g/mol. The first-order chi connectivity index (χ1) is 16.6. The molecule has 0 aromatic heterocycles. The van der Waals surface area contributed by atoms with Crippen molar-refractivity contribution < 1.29 is 64.5 Å². The molecule has 0 saturated carbocycles. The lowest BCUT2D eigenvalue weighted by Crippen LogP contribution is -2.61. The van der Waals surface area contributed by atoms with Gasteiger partial charge in [-0.3, -0.25) is 0 Å². The summed E-state index contributed by atoms with van der Waals surface area (Å²) >= 11 is 0. The van der Waals surface area contributed by atoms with Gasteiger partial charge >= 0.3 is 0 Å². The highest BCUT2D eigenvalue weighted by atomic mass is 16.7. The molecule has 8 N–H and O–H groups in total. The Kier molecular flexibility index (Phi) is 9.65. The molecular weight excluding hydrogens is 472 g/mol. The van der Waals surface area contributed by atoms with E-state index in [0.717, 1.165) is 0 Å². The van der Waals surface area contributed by atoms with Gasteiger partial charge in [0.05, 0.1) is 32.5 Å². The second-order valence-electron chi connectivity index (χ2n) is 8.68. The first-order valence-corrected chi connectivity index (χ1v) is 11.2. The number of aliphatic hydroxyl groups is 7. The summed E-state index contributed by atoms with van der Waals surface area (Å²) in [5.41, 5.74) is 0.641. The van der Waals surface area contributed by atoms with Crippen molar-refractivity contribution in [3.63, 3.8) is 0 Å². The molecule has 0 spiro atoms. The molecule has 3 rings (SSSR count). The predicted molar refractivity (Wildman–Crippen MR) is 115 cm³/mol. The van der Waals surface area contributed by atoms with Crippen molar-refractivity contribution in [3.05, 3.63) is 23.8 Å². The van der Waals surface area contributed by atoms with Crippen LogP contribution in [0.5, 0.6) is 11.5 Å². The lowest BCUT2D eigenvalue weighted by Gasteiger charge is -2.43. The van der Waals surface area contributed by atoms with Crippen molar-refractivity contribution in [2.24, 2.45) is 0 Å². The Hall–Kier alpha value is -1.62. The third-order valence-electron chi connectivity index (χ3n) is 6.14.